The number of carbonyl (C=O) groups is 1. The van der Waals surface area contributed by atoms with Gasteiger partial charge in [-0.1, -0.05) is 29.8 Å². The normalized spacial score (nSPS) is 11.7. The van der Waals surface area contributed by atoms with Gasteiger partial charge in [-0.15, -0.1) is 0 Å². The summed E-state index contributed by atoms with van der Waals surface area (Å²) in [5, 5.41) is 2.95. The van der Waals surface area contributed by atoms with Gasteiger partial charge in [0, 0.05) is 24.1 Å². The first-order valence-corrected chi connectivity index (χ1v) is 8.81. The summed E-state index contributed by atoms with van der Waals surface area (Å²) in [6, 6.07) is 17.5. The van der Waals surface area contributed by atoms with E-state index in [0.29, 0.717) is 23.6 Å². The number of aromatic nitrogens is 1. The lowest BCUT2D eigenvalue weighted by molar-refractivity contribution is -0.116. The predicted molar refractivity (Wildman–Crippen MR) is 107 cm³/mol. The van der Waals surface area contributed by atoms with Gasteiger partial charge in [-0.25, -0.2) is 0 Å². The van der Waals surface area contributed by atoms with E-state index < -0.39 is 0 Å². The third-order valence-electron chi connectivity index (χ3n) is 4.50. The van der Waals surface area contributed by atoms with Crippen molar-refractivity contribution >= 4 is 11.6 Å². The smallest absolute Gasteiger partial charge is 0.226 e. The Morgan fingerprint density at radius 3 is 2.30 bits per heavy atom. The highest BCUT2D eigenvalue weighted by Crippen LogP contribution is 2.30. The zero-order valence-electron chi connectivity index (χ0n) is 15.8. The maximum absolute atomic E-state index is 12.7. The van der Waals surface area contributed by atoms with Crippen LogP contribution in [-0.2, 0) is 4.79 Å². The van der Waals surface area contributed by atoms with Crippen LogP contribution < -0.4 is 14.8 Å². The molecule has 27 heavy (non-hydrogen) atoms. The SMILES string of the molecule is COc1ccc(NC(=O)C[C@@H](c2ccc(C)cc2)n2cccc2)cc1OC. The van der Waals surface area contributed by atoms with Crippen LogP contribution in [0.3, 0.4) is 0 Å². The van der Waals surface area contributed by atoms with Crippen molar-refractivity contribution in [3.63, 3.8) is 0 Å². The summed E-state index contributed by atoms with van der Waals surface area (Å²) in [6.45, 7) is 2.05. The maximum atomic E-state index is 12.7. The van der Waals surface area contributed by atoms with Gasteiger partial charge in [0.1, 0.15) is 0 Å². The van der Waals surface area contributed by atoms with Crippen molar-refractivity contribution in [1.29, 1.82) is 0 Å². The third-order valence-corrected chi connectivity index (χ3v) is 4.50. The minimum Gasteiger partial charge on any atom is -0.493 e. The molecule has 0 radical (unpaired) electrons. The molecule has 0 aliphatic heterocycles. The quantitative estimate of drug-likeness (QED) is 0.675. The Balaban J connectivity index is 1.78. The van der Waals surface area contributed by atoms with Gasteiger partial charge in [-0.05, 0) is 36.8 Å². The summed E-state index contributed by atoms with van der Waals surface area (Å²) in [6.07, 6.45) is 4.29. The number of nitrogens with one attached hydrogen (secondary N) is 1. The third kappa shape index (κ3) is 4.50. The summed E-state index contributed by atoms with van der Waals surface area (Å²) in [5.74, 6) is 1.14. The molecule has 5 nitrogen and oxygen atoms in total. The van der Waals surface area contributed by atoms with Crippen LogP contribution in [0.25, 0.3) is 0 Å². The van der Waals surface area contributed by atoms with Gasteiger partial charge >= 0.3 is 0 Å². The lowest BCUT2D eigenvalue weighted by atomic mass is 10.0. The molecule has 0 unspecified atom stereocenters. The number of hydrogen-bond acceptors (Lipinski definition) is 3. The topological polar surface area (TPSA) is 52.5 Å². The molecule has 1 aromatic heterocycles. The molecule has 3 aromatic rings. The van der Waals surface area contributed by atoms with Crippen molar-refractivity contribution in [3.05, 3.63) is 78.1 Å². The summed E-state index contributed by atoms with van der Waals surface area (Å²) in [7, 11) is 3.16. The summed E-state index contributed by atoms with van der Waals surface area (Å²) in [5.41, 5.74) is 2.96. The van der Waals surface area contributed by atoms with E-state index in [4.69, 9.17) is 9.47 Å². The number of methoxy groups -OCH3 is 2. The Bertz CT molecular complexity index is 886. The molecule has 0 saturated carbocycles. The molecule has 1 atom stereocenters. The standard InChI is InChI=1S/C22H24N2O3/c1-16-6-8-17(9-7-16)19(24-12-4-5-13-24)15-22(25)23-18-10-11-20(26-2)21(14-18)27-3/h4-14,19H,15H2,1-3H3,(H,23,25)/t19-/m0/s1. The van der Waals surface area contributed by atoms with Crippen LogP contribution in [0.15, 0.2) is 67.0 Å². The summed E-state index contributed by atoms with van der Waals surface area (Å²) >= 11 is 0. The number of carbonyl (C=O) groups excluding carboxylic acids is 1. The van der Waals surface area contributed by atoms with E-state index in [0.717, 1.165) is 5.56 Å². The lowest BCUT2D eigenvalue weighted by Gasteiger charge is -2.20. The monoisotopic (exact) mass is 364 g/mol. The summed E-state index contributed by atoms with van der Waals surface area (Å²) < 4.78 is 12.6. The van der Waals surface area contributed by atoms with Crippen molar-refractivity contribution in [2.45, 2.75) is 19.4 Å². The van der Waals surface area contributed by atoms with Crippen LogP contribution >= 0.6 is 0 Å². The Kier molecular flexibility index (Phi) is 5.81. The lowest BCUT2D eigenvalue weighted by Crippen LogP contribution is -2.19. The second-order valence-electron chi connectivity index (χ2n) is 6.38. The van der Waals surface area contributed by atoms with Gasteiger partial charge in [0.2, 0.25) is 5.91 Å². The van der Waals surface area contributed by atoms with Crippen molar-refractivity contribution in [2.75, 3.05) is 19.5 Å². The van der Waals surface area contributed by atoms with E-state index in [-0.39, 0.29) is 11.9 Å². The van der Waals surface area contributed by atoms with Gasteiger partial charge in [0.05, 0.1) is 26.7 Å². The van der Waals surface area contributed by atoms with Crippen molar-refractivity contribution in [3.8, 4) is 11.5 Å². The Hall–Kier alpha value is -3.21. The number of nitrogens with zero attached hydrogens (tertiary/aromatic N) is 1. The zero-order chi connectivity index (χ0) is 19.2. The molecule has 1 amide bonds. The van der Waals surface area contributed by atoms with Gasteiger partial charge in [0.25, 0.3) is 0 Å². The average Bonchev–Trinajstić information content (AvgIpc) is 3.21. The molecule has 3 rings (SSSR count). The largest absolute Gasteiger partial charge is 0.493 e. The molecule has 0 aliphatic rings. The number of benzene rings is 2. The fraction of sp³-hybridized carbons (Fsp3) is 0.227. The van der Waals surface area contributed by atoms with Crippen LogP contribution in [0.5, 0.6) is 11.5 Å². The molecule has 0 fully saturated rings. The van der Waals surface area contributed by atoms with E-state index in [1.165, 1.54) is 5.56 Å². The number of aryl methyl sites for hydroxylation is 1. The predicted octanol–water partition coefficient (Wildman–Crippen LogP) is 4.43. The zero-order valence-corrected chi connectivity index (χ0v) is 15.8. The van der Waals surface area contributed by atoms with Crippen LogP contribution in [0.2, 0.25) is 0 Å². The number of anilines is 1. The van der Waals surface area contributed by atoms with E-state index in [1.807, 2.05) is 24.5 Å². The molecule has 1 N–H and O–H groups in total. The minimum absolute atomic E-state index is 0.0681. The highest BCUT2D eigenvalue weighted by molar-refractivity contribution is 5.91. The molecule has 0 spiro atoms. The first kappa shape index (κ1) is 18.6. The Morgan fingerprint density at radius 1 is 1.00 bits per heavy atom. The number of rotatable bonds is 7. The number of amides is 1. The highest BCUT2D eigenvalue weighted by Gasteiger charge is 2.18. The molecular formula is C22H24N2O3. The van der Waals surface area contributed by atoms with Gasteiger partial charge in [-0.3, -0.25) is 4.79 Å². The second kappa shape index (κ2) is 8.45. The molecule has 0 aliphatic carbocycles. The van der Waals surface area contributed by atoms with Gasteiger partial charge in [0.15, 0.2) is 11.5 Å². The highest BCUT2D eigenvalue weighted by atomic mass is 16.5. The minimum atomic E-state index is -0.0688. The Labute approximate surface area is 159 Å². The van der Waals surface area contributed by atoms with Crippen LogP contribution in [-0.4, -0.2) is 24.7 Å². The number of ether oxygens (including phenoxy) is 2. The van der Waals surface area contributed by atoms with E-state index in [1.54, 1.807) is 32.4 Å². The number of hydrogen-bond donors (Lipinski definition) is 1. The molecule has 2 aromatic carbocycles. The molecule has 5 heteroatoms. The first-order chi connectivity index (χ1) is 13.1. The molecule has 140 valence electrons. The van der Waals surface area contributed by atoms with E-state index >= 15 is 0 Å². The fourth-order valence-corrected chi connectivity index (χ4v) is 3.04. The molecule has 1 heterocycles. The van der Waals surface area contributed by atoms with Crippen LogP contribution in [0.1, 0.15) is 23.6 Å². The average molecular weight is 364 g/mol. The van der Waals surface area contributed by atoms with Crippen molar-refractivity contribution < 1.29 is 14.3 Å². The fourth-order valence-electron chi connectivity index (χ4n) is 3.04. The van der Waals surface area contributed by atoms with Gasteiger partial charge < -0.3 is 19.4 Å². The molecule has 0 saturated heterocycles. The van der Waals surface area contributed by atoms with Crippen molar-refractivity contribution in [1.82, 2.24) is 4.57 Å². The first-order valence-electron chi connectivity index (χ1n) is 8.81. The molecule has 0 bridgehead atoms. The molecular weight excluding hydrogens is 340 g/mol. The second-order valence-corrected chi connectivity index (χ2v) is 6.38. The van der Waals surface area contributed by atoms with E-state index in [9.17, 15) is 4.79 Å². The van der Waals surface area contributed by atoms with Crippen molar-refractivity contribution in [2.24, 2.45) is 0 Å². The Morgan fingerprint density at radius 2 is 1.67 bits per heavy atom. The van der Waals surface area contributed by atoms with Gasteiger partial charge in [-0.2, -0.15) is 0 Å². The van der Waals surface area contributed by atoms with Crippen LogP contribution in [0.4, 0.5) is 5.69 Å². The van der Waals surface area contributed by atoms with Crippen LogP contribution in [0, 0.1) is 6.92 Å². The maximum Gasteiger partial charge on any atom is 0.226 e. The van der Waals surface area contributed by atoms with E-state index in [2.05, 4.69) is 41.1 Å². The summed E-state index contributed by atoms with van der Waals surface area (Å²) in [4.78, 5) is 12.7.